The van der Waals surface area contributed by atoms with Crippen LogP contribution in [0.5, 0.6) is 5.75 Å². The Morgan fingerprint density at radius 3 is 2.43 bits per heavy atom. The highest BCUT2D eigenvalue weighted by molar-refractivity contribution is 5.82. The fraction of sp³-hybridized carbons (Fsp3) is 0.500. The second-order valence-corrected chi connectivity index (χ2v) is 5.71. The third-order valence-electron chi connectivity index (χ3n) is 3.91. The first-order valence-corrected chi connectivity index (χ1v) is 7.61. The lowest BCUT2D eigenvalue weighted by molar-refractivity contribution is -0.147. The van der Waals surface area contributed by atoms with Gasteiger partial charge in [-0.05, 0) is 37.0 Å². The Morgan fingerprint density at radius 2 is 1.87 bits per heavy atom. The molecule has 1 aliphatic heterocycles. The normalized spacial score (nSPS) is 17.0. The van der Waals surface area contributed by atoms with Gasteiger partial charge in [-0.25, -0.2) is 4.79 Å². The number of nitrogens with two attached hydrogens (primary N) is 1. The Bertz CT molecular complexity index is 538. The molecule has 0 bridgehead atoms. The maximum atomic E-state index is 12.4. The zero-order valence-electron chi connectivity index (χ0n) is 12.9. The van der Waals surface area contributed by atoms with Gasteiger partial charge in [-0.15, -0.1) is 0 Å². The Balaban J connectivity index is 1.79. The SMILES string of the molecule is NC(Cc1ccc(O)cc1)C(=O)N1CCC(OCC(=O)O)CC1. The van der Waals surface area contributed by atoms with Gasteiger partial charge in [0.1, 0.15) is 12.4 Å². The number of amides is 1. The van der Waals surface area contributed by atoms with Crippen LogP contribution in [0, 0.1) is 0 Å². The van der Waals surface area contributed by atoms with Crippen molar-refractivity contribution in [2.75, 3.05) is 19.7 Å². The highest BCUT2D eigenvalue weighted by atomic mass is 16.5. The third-order valence-corrected chi connectivity index (χ3v) is 3.91. The Kier molecular flexibility index (Phi) is 5.95. The minimum Gasteiger partial charge on any atom is -0.508 e. The van der Waals surface area contributed by atoms with E-state index < -0.39 is 12.0 Å². The third kappa shape index (κ3) is 5.22. The van der Waals surface area contributed by atoms with Crippen molar-refractivity contribution in [2.45, 2.75) is 31.4 Å². The van der Waals surface area contributed by atoms with Crippen LogP contribution in [0.2, 0.25) is 0 Å². The van der Waals surface area contributed by atoms with Crippen molar-refractivity contribution in [1.29, 1.82) is 0 Å². The van der Waals surface area contributed by atoms with Gasteiger partial charge in [-0.1, -0.05) is 12.1 Å². The second-order valence-electron chi connectivity index (χ2n) is 5.71. The summed E-state index contributed by atoms with van der Waals surface area (Å²) < 4.78 is 5.25. The molecule has 1 atom stereocenters. The number of ether oxygens (including phenoxy) is 1. The number of likely N-dealkylation sites (tertiary alicyclic amines) is 1. The van der Waals surface area contributed by atoms with Crippen molar-refractivity contribution >= 4 is 11.9 Å². The van der Waals surface area contributed by atoms with Gasteiger partial charge in [0.25, 0.3) is 0 Å². The molecule has 1 aromatic rings. The summed E-state index contributed by atoms with van der Waals surface area (Å²) in [6.07, 6.45) is 1.52. The van der Waals surface area contributed by atoms with Gasteiger partial charge in [0, 0.05) is 13.1 Å². The summed E-state index contributed by atoms with van der Waals surface area (Å²) in [5.41, 5.74) is 6.88. The zero-order valence-corrected chi connectivity index (χ0v) is 12.9. The summed E-state index contributed by atoms with van der Waals surface area (Å²) in [5, 5.41) is 17.8. The quantitative estimate of drug-likeness (QED) is 0.697. The molecule has 1 heterocycles. The van der Waals surface area contributed by atoms with E-state index in [9.17, 15) is 14.7 Å². The van der Waals surface area contributed by atoms with Gasteiger partial charge in [-0.2, -0.15) is 0 Å². The van der Waals surface area contributed by atoms with E-state index in [1.165, 1.54) is 0 Å². The number of carboxylic acids is 1. The number of rotatable bonds is 6. The Hall–Kier alpha value is -2.12. The van der Waals surface area contributed by atoms with Crippen molar-refractivity contribution in [3.05, 3.63) is 29.8 Å². The average Bonchev–Trinajstić information content (AvgIpc) is 2.55. The van der Waals surface area contributed by atoms with Crippen LogP contribution in [0.15, 0.2) is 24.3 Å². The van der Waals surface area contributed by atoms with Gasteiger partial charge < -0.3 is 25.6 Å². The molecule has 23 heavy (non-hydrogen) atoms. The molecule has 1 unspecified atom stereocenters. The molecule has 0 radical (unpaired) electrons. The summed E-state index contributed by atoms with van der Waals surface area (Å²) >= 11 is 0. The standard InChI is InChI=1S/C16H22N2O5/c17-14(9-11-1-3-12(19)4-2-11)16(22)18-7-5-13(6-8-18)23-10-15(20)21/h1-4,13-14,19H,5-10,17H2,(H,20,21). The largest absolute Gasteiger partial charge is 0.508 e. The number of benzene rings is 1. The van der Waals surface area contributed by atoms with Crippen molar-refractivity contribution in [3.63, 3.8) is 0 Å². The molecule has 0 aromatic heterocycles. The fourth-order valence-electron chi connectivity index (χ4n) is 2.64. The lowest BCUT2D eigenvalue weighted by Gasteiger charge is -2.33. The number of carboxylic acid groups (broad SMARTS) is 1. The predicted octanol–water partition coefficient (Wildman–Crippen LogP) is 0.354. The maximum Gasteiger partial charge on any atom is 0.329 e. The fourth-order valence-corrected chi connectivity index (χ4v) is 2.64. The van der Waals surface area contributed by atoms with Gasteiger partial charge in [0.2, 0.25) is 5.91 Å². The molecule has 126 valence electrons. The van der Waals surface area contributed by atoms with E-state index in [4.69, 9.17) is 15.6 Å². The van der Waals surface area contributed by atoms with Crippen LogP contribution in [-0.2, 0) is 20.7 Å². The number of hydrogen-bond donors (Lipinski definition) is 3. The summed E-state index contributed by atoms with van der Waals surface area (Å²) in [6.45, 7) is 0.734. The van der Waals surface area contributed by atoms with Crippen molar-refractivity contribution in [3.8, 4) is 5.75 Å². The first-order chi connectivity index (χ1) is 11.0. The number of phenolic OH excluding ortho intramolecular Hbond substituents is 1. The minimum atomic E-state index is -0.987. The summed E-state index contributed by atoms with van der Waals surface area (Å²) in [7, 11) is 0. The molecule has 0 saturated carbocycles. The molecule has 7 heteroatoms. The summed E-state index contributed by atoms with van der Waals surface area (Å²) in [4.78, 5) is 24.5. The van der Waals surface area contributed by atoms with E-state index in [1.807, 2.05) is 0 Å². The van der Waals surface area contributed by atoms with Crippen LogP contribution in [-0.4, -0.2) is 58.8 Å². The molecule has 1 amide bonds. The lowest BCUT2D eigenvalue weighted by atomic mass is 10.0. The number of carbonyl (C=O) groups is 2. The van der Waals surface area contributed by atoms with Crippen molar-refractivity contribution < 1.29 is 24.5 Å². The van der Waals surface area contributed by atoms with Crippen molar-refractivity contribution in [1.82, 2.24) is 4.90 Å². The lowest BCUT2D eigenvalue weighted by Crippen LogP contribution is -2.49. The zero-order chi connectivity index (χ0) is 16.8. The van der Waals surface area contributed by atoms with Crippen LogP contribution in [0.4, 0.5) is 0 Å². The van der Waals surface area contributed by atoms with E-state index >= 15 is 0 Å². The molecule has 1 aliphatic rings. The second kappa shape index (κ2) is 7.94. The van der Waals surface area contributed by atoms with Crippen molar-refractivity contribution in [2.24, 2.45) is 5.73 Å². The number of carbonyl (C=O) groups excluding carboxylic acids is 1. The molecule has 2 rings (SSSR count). The van der Waals surface area contributed by atoms with Gasteiger partial charge in [0.15, 0.2) is 0 Å². The first kappa shape index (κ1) is 17.2. The van der Waals surface area contributed by atoms with Crippen LogP contribution in [0.3, 0.4) is 0 Å². The number of hydrogen-bond acceptors (Lipinski definition) is 5. The molecular weight excluding hydrogens is 300 g/mol. The molecule has 0 spiro atoms. The Morgan fingerprint density at radius 1 is 1.26 bits per heavy atom. The van der Waals surface area contributed by atoms with Gasteiger partial charge >= 0.3 is 5.97 Å². The average molecular weight is 322 g/mol. The Labute approximate surface area is 134 Å². The number of phenols is 1. The topological polar surface area (TPSA) is 113 Å². The summed E-state index contributed by atoms with van der Waals surface area (Å²) in [5.74, 6) is -0.925. The molecule has 1 saturated heterocycles. The predicted molar refractivity (Wildman–Crippen MR) is 83.0 cm³/mol. The van der Waals surface area contributed by atoms with Crippen LogP contribution in [0.1, 0.15) is 18.4 Å². The molecule has 4 N–H and O–H groups in total. The minimum absolute atomic E-state index is 0.116. The molecule has 0 aliphatic carbocycles. The van der Waals surface area contributed by atoms with E-state index in [0.29, 0.717) is 32.4 Å². The molecule has 1 fully saturated rings. The van der Waals surface area contributed by atoms with Crippen LogP contribution >= 0.6 is 0 Å². The van der Waals surface area contributed by atoms with E-state index in [0.717, 1.165) is 5.56 Å². The number of aliphatic carboxylic acids is 1. The highest BCUT2D eigenvalue weighted by Crippen LogP contribution is 2.16. The van der Waals surface area contributed by atoms with E-state index in [-0.39, 0.29) is 24.4 Å². The van der Waals surface area contributed by atoms with E-state index in [2.05, 4.69) is 0 Å². The van der Waals surface area contributed by atoms with Crippen LogP contribution in [0.25, 0.3) is 0 Å². The van der Waals surface area contributed by atoms with Gasteiger partial charge in [-0.3, -0.25) is 4.79 Å². The summed E-state index contributed by atoms with van der Waals surface area (Å²) in [6, 6.07) is 5.99. The number of aromatic hydroxyl groups is 1. The first-order valence-electron chi connectivity index (χ1n) is 7.61. The molecule has 1 aromatic carbocycles. The molecular formula is C16H22N2O5. The van der Waals surface area contributed by atoms with Gasteiger partial charge in [0.05, 0.1) is 12.1 Å². The van der Waals surface area contributed by atoms with E-state index in [1.54, 1.807) is 29.2 Å². The number of nitrogens with zero attached hydrogens (tertiary/aromatic N) is 1. The van der Waals surface area contributed by atoms with Crippen LogP contribution < -0.4 is 5.73 Å². The highest BCUT2D eigenvalue weighted by Gasteiger charge is 2.27. The smallest absolute Gasteiger partial charge is 0.329 e. The molecule has 7 nitrogen and oxygen atoms in total. The monoisotopic (exact) mass is 322 g/mol. The maximum absolute atomic E-state index is 12.4. The number of piperidine rings is 1.